The zero-order chi connectivity index (χ0) is 17.8. The highest BCUT2D eigenvalue weighted by molar-refractivity contribution is 7.17. The van der Waals surface area contributed by atoms with Gasteiger partial charge in [0.25, 0.3) is 0 Å². The van der Waals surface area contributed by atoms with Crippen molar-refractivity contribution in [2.24, 2.45) is 5.92 Å². The van der Waals surface area contributed by atoms with Gasteiger partial charge in [-0.2, -0.15) is 0 Å². The molecule has 1 aliphatic rings. The fourth-order valence-corrected chi connectivity index (χ4v) is 4.71. The second-order valence-electron chi connectivity index (χ2n) is 6.80. The topological polar surface area (TPSA) is 55.6 Å². The molecule has 0 saturated carbocycles. The summed E-state index contributed by atoms with van der Waals surface area (Å²) in [4.78, 5) is 16.0. The van der Waals surface area contributed by atoms with Crippen LogP contribution in [0.25, 0.3) is 11.1 Å². The number of hydrogen-bond acceptors (Lipinski definition) is 5. The molecule has 3 rings (SSSR count). The van der Waals surface area contributed by atoms with Gasteiger partial charge in [-0.05, 0) is 37.3 Å². The maximum atomic E-state index is 12.3. The molecule has 1 atom stereocenters. The maximum absolute atomic E-state index is 12.3. The lowest BCUT2D eigenvalue weighted by atomic mass is 9.98. The van der Waals surface area contributed by atoms with E-state index in [1.165, 1.54) is 36.2 Å². The zero-order valence-corrected chi connectivity index (χ0v) is 15.8. The molecule has 2 heterocycles. The molecule has 1 aromatic heterocycles. The Bertz CT molecular complexity index is 727. The highest BCUT2D eigenvalue weighted by Crippen LogP contribution is 2.39. The van der Waals surface area contributed by atoms with Crippen LogP contribution in [0.4, 0.5) is 5.00 Å². The van der Waals surface area contributed by atoms with Crippen LogP contribution in [0.3, 0.4) is 0 Å². The van der Waals surface area contributed by atoms with Gasteiger partial charge >= 0.3 is 5.97 Å². The summed E-state index contributed by atoms with van der Waals surface area (Å²) in [6.45, 7) is 5.64. The van der Waals surface area contributed by atoms with E-state index in [-0.39, 0.29) is 5.97 Å². The van der Waals surface area contributed by atoms with Gasteiger partial charge in [0.1, 0.15) is 10.6 Å². The molecule has 1 aromatic carbocycles. The lowest BCUT2D eigenvalue weighted by Gasteiger charge is -2.30. The number of likely N-dealkylation sites (tertiary alicyclic amines) is 1. The van der Waals surface area contributed by atoms with E-state index in [1.54, 1.807) is 0 Å². The first-order valence-electron chi connectivity index (χ1n) is 8.87. The molecule has 4 nitrogen and oxygen atoms in total. The Labute approximate surface area is 153 Å². The van der Waals surface area contributed by atoms with Gasteiger partial charge in [0.2, 0.25) is 0 Å². The van der Waals surface area contributed by atoms with E-state index in [2.05, 4.69) is 11.8 Å². The average molecular weight is 359 g/mol. The minimum atomic E-state index is -0.356. The second kappa shape index (κ2) is 8.02. The zero-order valence-electron chi connectivity index (χ0n) is 15.0. The summed E-state index contributed by atoms with van der Waals surface area (Å²) in [6.07, 6.45) is 3.50. The third-order valence-electron chi connectivity index (χ3n) is 4.86. The number of thiophene rings is 1. The molecule has 2 aromatic rings. The number of ether oxygens (including phenoxy) is 1. The molecule has 0 radical (unpaired) electrons. The molecule has 25 heavy (non-hydrogen) atoms. The van der Waals surface area contributed by atoms with Gasteiger partial charge in [-0.1, -0.05) is 37.3 Å². The Morgan fingerprint density at radius 2 is 2.12 bits per heavy atom. The molecular formula is C20H26N2O2S. The molecule has 1 unspecified atom stereocenters. The van der Waals surface area contributed by atoms with Crippen molar-refractivity contribution in [3.63, 3.8) is 0 Å². The number of anilines is 1. The smallest absolute Gasteiger partial charge is 0.341 e. The number of nitrogens with zero attached hydrogens (tertiary/aromatic N) is 1. The number of nitrogens with two attached hydrogens (primary N) is 1. The lowest BCUT2D eigenvalue weighted by molar-refractivity contribution is 0.0603. The van der Waals surface area contributed by atoms with Crippen LogP contribution in [0, 0.1) is 5.92 Å². The van der Waals surface area contributed by atoms with Crippen molar-refractivity contribution >= 4 is 22.3 Å². The molecule has 0 aliphatic carbocycles. The van der Waals surface area contributed by atoms with Crippen molar-refractivity contribution in [2.45, 2.75) is 26.2 Å². The number of rotatable bonds is 5. The van der Waals surface area contributed by atoms with E-state index in [1.807, 2.05) is 30.3 Å². The summed E-state index contributed by atoms with van der Waals surface area (Å²) < 4.78 is 4.98. The van der Waals surface area contributed by atoms with Gasteiger partial charge in [0.05, 0.1) is 7.11 Å². The summed E-state index contributed by atoms with van der Waals surface area (Å²) in [6, 6.07) is 10.0. The average Bonchev–Trinajstić information content (AvgIpc) is 2.96. The van der Waals surface area contributed by atoms with E-state index in [4.69, 9.17) is 10.5 Å². The first-order chi connectivity index (χ1) is 12.1. The van der Waals surface area contributed by atoms with Gasteiger partial charge in [0.15, 0.2) is 0 Å². The molecule has 0 bridgehead atoms. The van der Waals surface area contributed by atoms with Crippen LogP contribution in [-0.2, 0) is 11.2 Å². The Hall–Kier alpha value is -1.85. The predicted molar refractivity (Wildman–Crippen MR) is 104 cm³/mol. The fraction of sp³-hybridized carbons (Fsp3) is 0.450. The Kier molecular flexibility index (Phi) is 5.76. The number of carbonyl (C=O) groups excluding carboxylic acids is 1. The molecule has 1 saturated heterocycles. The van der Waals surface area contributed by atoms with Crippen LogP contribution >= 0.6 is 11.3 Å². The predicted octanol–water partition coefficient (Wildman–Crippen LogP) is 4.06. The SMILES string of the molecule is COC(=O)c1c(N)sc(CCN2CCCC(C)C2)c1-c1ccccc1. The summed E-state index contributed by atoms with van der Waals surface area (Å²) in [7, 11) is 1.41. The van der Waals surface area contributed by atoms with Gasteiger partial charge in [-0.3, -0.25) is 0 Å². The minimum absolute atomic E-state index is 0.356. The van der Waals surface area contributed by atoms with E-state index < -0.39 is 0 Å². The number of hydrogen-bond donors (Lipinski definition) is 1. The second-order valence-corrected chi connectivity index (χ2v) is 7.93. The largest absolute Gasteiger partial charge is 0.465 e. The van der Waals surface area contributed by atoms with Crippen molar-refractivity contribution in [3.05, 3.63) is 40.8 Å². The van der Waals surface area contributed by atoms with Crippen molar-refractivity contribution < 1.29 is 9.53 Å². The molecule has 0 amide bonds. The van der Waals surface area contributed by atoms with Crippen molar-refractivity contribution in [2.75, 3.05) is 32.5 Å². The van der Waals surface area contributed by atoms with E-state index in [9.17, 15) is 4.79 Å². The van der Waals surface area contributed by atoms with Crippen LogP contribution in [0.5, 0.6) is 0 Å². The van der Waals surface area contributed by atoms with Crippen molar-refractivity contribution in [1.29, 1.82) is 0 Å². The highest BCUT2D eigenvalue weighted by atomic mass is 32.1. The van der Waals surface area contributed by atoms with Crippen LogP contribution in [0.15, 0.2) is 30.3 Å². The van der Waals surface area contributed by atoms with Gasteiger partial charge in [-0.25, -0.2) is 4.79 Å². The molecule has 1 aliphatic heterocycles. The van der Waals surface area contributed by atoms with Crippen LogP contribution in [0.1, 0.15) is 35.0 Å². The van der Waals surface area contributed by atoms with Crippen LogP contribution in [0.2, 0.25) is 0 Å². The number of piperidine rings is 1. The Morgan fingerprint density at radius 3 is 2.80 bits per heavy atom. The number of nitrogen functional groups attached to an aromatic ring is 1. The molecule has 0 spiro atoms. The normalized spacial score (nSPS) is 18.2. The van der Waals surface area contributed by atoms with Crippen molar-refractivity contribution in [1.82, 2.24) is 4.90 Å². The van der Waals surface area contributed by atoms with Gasteiger partial charge < -0.3 is 15.4 Å². The first-order valence-corrected chi connectivity index (χ1v) is 9.69. The Balaban J connectivity index is 1.89. The number of esters is 1. The van der Waals surface area contributed by atoms with Gasteiger partial charge in [0, 0.05) is 23.5 Å². The number of benzene rings is 1. The molecule has 1 fully saturated rings. The third-order valence-corrected chi connectivity index (χ3v) is 5.94. The third kappa shape index (κ3) is 4.05. The van der Waals surface area contributed by atoms with Gasteiger partial charge in [-0.15, -0.1) is 11.3 Å². The summed E-state index contributed by atoms with van der Waals surface area (Å²) >= 11 is 1.52. The number of carbonyl (C=O) groups is 1. The quantitative estimate of drug-likeness (QED) is 0.819. The molecular weight excluding hydrogens is 332 g/mol. The molecule has 5 heteroatoms. The lowest BCUT2D eigenvalue weighted by Crippen LogP contribution is -2.35. The fourth-order valence-electron chi connectivity index (χ4n) is 3.64. The maximum Gasteiger partial charge on any atom is 0.341 e. The van der Waals surface area contributed by atoms with Crippen molar-refractivity contribution in [3.8, 4) is 11.1 Å². The first kappa shape index (κ1) is 18.0. The highest BCUT2D eigenvalue weighted by Gasteiger charge is 2.25. The summed E-state index contributed by atoms with van der Waals surface area (Å²) in [5.74, 6) is 0.409. The van der Waals surface area contributed by atoms with E-state index >= 15 is 0 Å². The number of methoxy groups -OCH3 is 1. The molecule has 2 N–H and O–H groups in total. The van der Waals surface area contributed by atoms with Crippen LogP contribution in [-0.4, -0.2) is 37.6 Å². The standard InChI is InChI=1S/C20H26N2O2S/c1-14-7-6-11-22(13-14)12-10-16-17(15-8-4-3-5-9-15)18(19(21)25-16)20(23)24-2/h3-5,8-9,14H,6-7,10-13,21H2,1-2H3. The minimum Gasteiger partial charge on any atom is -0.465 e. The van der Waals surface area contributed by atoms with Crippen LogP contribution < -0.4 is 5.73 Å². The van der Waals surface area contributed by atoms with E-state index in [0.717, 1.165) is 43.1 Å². The molecule has 134 valence electrons. The van der Waals surface area contributed by atoms with E-state index in [0.29, 0.717) is 10.6 Å². The summed E-state index contributed by atoms with van der Waals surface area (Å²) in [5.41, 5.74) is 8.68. The Morgan fingerprint density at radius 1 is 1.36 bits per heavy atom. The monoisotopic (exact) mass is 358 g/mol. The summed E-state index contributed by atoms with van der Waals surface area (Å²) in [5, 5.41) is 0.549.